The Kier molecular flexibility index (Phi) is 6.12. The van der Waals surface area contributed by atoms with Crippen molar-refractivity contribution in [2.24, 2.45) is 0 Å². The van der Waals surface area contributed by atoms with E-state index in [0.717, 1.165) is 6.04 Å². The molecule has 0 unspecified atom stereocenters. The molecule has 0 fully saturated rings. The van der Waals surface area contributed by atoms with Crippen molar-refractivity contribution >= 4 is 25.2 Å². The van der Waals surface area contributed by atoms with Gasteiger partial charge in [0.1, 0.15) is 0 Å². The van der Waals surface area contributed by atoms with Crippen molar-refractivity contribution < 1.29 is 13.3 Å². The zero-order valence-corrected chi connectivity index (χ0v) is 14.8. The van der Waals surface area contributed by atoms with Crippen molar-refractivity contribution in [3.8, 4) is 0 Å². The van der Waals surface area contributed by atoms with Crippen LogP contribution in [0.4, 0.5) is 0 Å². The molecule has 0 spiro atoms. The Bertz CT molecular complexity index is 192. The summed E-state index contributed by atoms with van der Waals surface area (Å²) < 4.78 is 12.5. The van der Waals surface area contributed by atoms with Gasteiger partial charge in [-0.05, 0) is 58.3 Å². The second-order valence-corrected chi connectivity index (χ2v) is 19.2. The van der Waals surface area contributed by atoms with Gasteiger partial charge in [0, 0.05) is 0 Å². The minimum absolute atomic E-state index is 0.0211. The summed E-state index contributed by atoms with van der Waals surface area (Å²) in [7, 11) is -5.29. The Hall–Kier alpha value is 0.531. The Morgan fingerprint density at radius 2 is 1.19 bits per heavy atom. The molecule has 0 aromatic heterocycles. The molecule has 0 N–H and O–H groups in total. The van der Waals surface area contributed by atoms with Gasteiger partial charge < -0.3 is 8.23 Å². The monoisotopic (exact) mass is 279 g/mol. The topological polar surface area (TPSA) is 38.4 Å². The van der Waals surface area contributed by atoms with Crippen LogP contribution in [0.2, 0.25) is 51.9 Å². The summed E-state index contributed by atoms with van der Waals surface area (Å²) in [5.74, 6) is 0. The standard InChI is InChI=1S/C10H27O3Si3/c1-14(2,3)12-16(7,10-8-9-11)13-15(4,5)6/h8-10H2,1-7H3. The minimum Gasteiger partial charge on any atom is -0.437 e. The largest absolute Gasteiger partial charge is 0.437 e. The van der Waals surface area contributed by atoms with Crippen molar-refractivity contribution in [3.63, 3.8) is 0 Å². The first-order chi connectivity index (χ1) is 6.97. The highest BCUT2D eigenvalue weighted by atomic mass is 28.5. The minimum atomic E-state index is -2.12. The van der Waals surface area contributed by atoms with E-state index in [4.69, 9.17) is 8.23 Å². The summed E-state index contributed by atoms with van der Waals surface area (Å²) in [6.07, 6.45) is 0.678. The lowest BCUT2D eigenvalue weighted by molar-refractivity contribution is 0.190. The molecule has 0 aliphatic carbocycles. The SMILES string of the molecule is C[Si](C)(C)O[Si](C)(CCC[O])O[Si](C)(C)C. The Labute approximate surface area is 104 Å². The molecule has 0 rings (SSSR count). The van der Waals surface area contributed by atoms with E-state index in [9.17, 15) is 5.11 Å². The highest BCUT2D eigenvalue weighted by molar-refractivity contribution is 6.87. The van der Waals surface area contributed by atoms with E-state index in [2.05, 4.69) is 45.8 Å². The molecule has 0 saturated carbocycles. The van der Waals surface area contributed by atoms with Crippen molar-refractivity contribution in [2.45, 2.75) is 58.3 Å². The van der Waals surface area contributed by atoms with Crippen LogP contribution in [0, 0.1) is 0 Å². The molecule has 0 atom stereocenters. The van der Waals surface area contributed by atoms with Crippen LogP contribution >= 0.6 is 0 Å². The molecular weight excluding hydrogens is 252 g/mol. The molecule has 97 valence electrons. The van der Waals surface area contributed by atoms with E-state index >= 15 is 0 Å². The van der Waals surface area contributed by atoms with E-state index in [0.29, 0.717) is 6.42 Å². The summed E-state index contributed by atoms with van der Waals surface area (Å²) in [5.41, 5.74) is 0. The van der Waals surface area contributed by atoms with Crippen LogP contribution < -0.4 is 0 Å². The maximum atomic E-state index is 10.6. The summed E-state index contributed by atoms with van der Waals surface area (Å²) in [6.45, 7) is 15.2. The fourth-order valence-corrected chi connectivity index (χ4v) is 14.3. The van der Waals surface area contributed by atoms with Crippen molar-refractivity contribution in [1.29, 1.82) is 0 Å². The van der Waals surface area contributed by atoms with Gasteiger partial charge in [-0.25, -0.2) is 5.11 Å². The van der Waals surface area contributed by atoms with E-state index in [-0.39, 0.29) is 6.61 Å². The van der Waals surface area contributed by atoms with Crippen LogP contribution in [0.15, 0.2) is 0 Å². The zero-order valence-electron chi connectivity index (χ0n) is 11.8. The van der Waals surface area contributed by atoms with Crippen LogP contribution in [0.1, 0.15) is 6.42 Å². The summed E-state index contributed by atoms with van der Waals surface area (Å²) in [4.78, 5) is 0. The van der Waals surface area contributed by atoms with Crippen molar-refractivity contribution in [1.82, 2.24) is 0 Å². The average Bonchev–Trinajstić information content (AvgIpc) is 1.93. The molecule has 6 heteroatoms. The van der Waals surface area contributed by atoms with E-state index in [1.165, 1.54) is 0 Å². The predicted octanol–water partition coefficient (Wildman–Crippen LogP) is 3.58. The molecule has 0 aromatic carbocycles. The molecule has 0 bridgehead atoms. The van der Waals surface area contributed by atoms with Crippen molar-refractivity contribution in [2.75, 3.05) is 6.61 Å². The molecular formula is C10H27O3Si3. The predicted molar refractivity (Wildman–Crippen MR) is 75.5 cm³/mol. The highest BCUT2D eigenvalue weighted by Crippen LogP contribution is 2.25. The number of hydrogen-bond acceptors (Lipinski definition) is 2. The lowest BCUT2D eigenvalue weighted by atomic mass is 10.5. The van der Waals surface area contributed by atoms with Crippen LogP contribution in [0.3, 0.4) is 0 Å². The third-order valence-corrected chi connectivity index (χ3v) is 11.4. The highest BCUT2D eigenvalue weighted by Gasteiger charge is 2.39. The van der Waals surface area contributed by atoms with Gasteiger partial charge in [-0.3, -0.25) is 0 Å². The number of hydrogen-bond donors (Lipinski definition) is 0. The van der Waals surface area contributed by atoms with E-state index in [1.807, 2.05) is 0 Å². The maximum absolute atomic E-state index is 10.6. The van der Waals surface area contributed by atoms with Gasteiger partial charge in [0.25, 0.3) is 0 Å². The first kappa shape index (κ1) is 16.5. The first-order valence-corrected chi connectivity index (χ1v) is 15.3. The summed E-state index contributed by atoms with van der Waals surface area (Å²) in [6, 6.07) is 0.838. The second kappa shape index (κ2) is 5.92. The lowest BCUT2D eigenvalue weighted by Gasteiger charge is -2.38. The summed E-state index contributed by atoms with van der Waals surface area (Å²) >= 11 is 0. The molecule has 0 aliphatic rings. The van der Waals surface area contributed by atoms with Gasteiger partial charge in [0.2, 0.25) is 0 Å². The van der Waals surface area contributed by atoms with Crippen LogP contribution in [0.25, 0.3) is 0 Å². The Morgan fingerprint density at radius 3 is 1.44 bits per heavy atom. The smallest absolute Gasteiger partial charge is 0.314 e. The van der Waals surface area contributed by atoms with Crippen molar-refractivity contribution in [3.05, 3.63) is 0 Å². The van der Waals surface area contributed by atoms with Gasteiger partial charge >= 0.3 is 8.56 Å². The zero-order chi connectivity index (χ0) is 13.0. The second-order valence-electron chi connectivity index (χ2n) is 6.37. The van der Waals surface area contributed by atoms with Gasteiger partial charge in [0.05, 0.1) is 6.61 Å². The molecule has 0 saturated heterocycles. The van der Waals surface area contributed by atoms with Gasteiger partial charge in [0.15, 0.2) is 16.6 Å². The molecule has 0 aliphatic heterocycles. The molecule has 16 heavy (non-hydrogen) atoms. The van der Waals surface area contributed by atoms with Crippen LogP contribution in [0.5, 0.6) is 0 Å². The number of rotatable bonds is 7. The fraction of sp³-hybridized carbons (Fsp3) is 1.00. The average molecular weight is 280 g/mol. The van der Waals surface area contributed by atoms with Gasteiger partial charge in [-0.2, -0.15) is 0 Å². The third-order valence-electron chi connectivity index (χ3n) is 1.82. The fourth-order valence-electron chi connectivity index (χ4n) is 1.81. The van der Waals surface area contributed by atoms with E-state index in [1.54, 1.807) is 0 Å². The van der Waals surface area contributed by atoms with E-state index < -0.39 is 25.2 Å². The molecule has 3 nitrogen and oxygen atoms in total. The normalized spacial score (nSPS) is 14.2. The molecule has 0 amide bonds. The third kappa shape index (κ3) is 8.66. The lowest BCUT2D eigenvalue weighted by Crippen LogP contribution is -2.52. The van der Waals surface area contributed by atoms with Gasteiger partial charge in [-0.1, -0.05) is 0 Å². The van der Waals surface area contributed by atoms with Crippen LogP contribution in [-0.2, 0) is 13.3 Å². The first-order valence-electron chi connectivity index (χ1n) is 5.96. The molecule has 1 radical (unpaired) electrons. The Morgan fingerprint density at radius 1 is 0.812 bits per heavy atom. The van der Waals surface area contributed by atoms with Gasteiger partial charge in [-0.15, -0.1) is 0 Å². The maximum Gasteiger partial charge on any atom is 0.314 e. The van der Waals surface area contributed by atoms with Crippen LogP contribution in [-0.4, -0.2) is 31.8 Å². The molecule has 0 heterocycles. The Balaban J connectivity index is 4.61. The molecule has 0 aromatic rings. The summed E-state index contributed by atoms with van der Waals surface area (Å²) in [5, 5.41) is 10.6. The quantitative estimate of drug-likeness (QED) is 0.668.